The van der Waals surface area contributed by atoms with Gasteiger partial charge in [0.15, 0.2) is 5.13 Å². The van der Waals surface area contributed by atoms with Crippen molar-refractivity contribution in [3.8, 4) is 5.75 Å². The Morgan fingerprint density at radius 3 is 2.83 bits per heavy atom. The molecular weight excluding hydrogens is 406 g/mol. The number of fused-ring (bicyclic) bond motifs is 1. The van der Waals surface area contributed by atoms with Crippen LogP contribution in [0.5, 0.6) is 5.75 Å². The summed E-state index contributed by atoms with van der Waals surface area (Å²) in [7, 11) is 1.29. The number of amides is 1. The maximum absolute atomic E-state index is 12.9. The average Bonchev–Trinajstić information content (AvgIpc) is 3.25. The van der Waals surface area contributed by atoms with Gasteiger partial charge in [-0.3, -0.25) is 10.1 Å². The molecule has 2 aromatic carbocycles. The van der Waals surface area contributed by atoms with E-state index in [9.17, 15) is 14.7 Å². The van der Waals surface area contributed by atoms with Crippen LogP contribution in [0.25, 0.3) is 11.0 Å². The first-order valence-corrected chi connectivity index (χ1v) is 9.62. The minimum atomic E-state index is -0.505. The third-order valence-corrected chi connectivity index (χ3v) is 4.82. The molecule has 8 nitrogen and oxygen atoms in total. The summed E-state index contributed by atoms with van der Waals surface area (Å²) in [6, 6.07) is 12.6. The number of esters is 1. The van der Waals surface area contributed by atoms with Crippen LogP contribution >= 0.6 is 11.3 Å². The number of ether oxygens (including phenoxy) is 1. The van der Waals surface area contributed by atoms with Crippen molar-refractivity contribution in [3.63, 3.8) is 0 Å². The predicted octanol–water partition coefficient (Wildman–Crippen LogP) is 3.87. The van der Waals surface area contributed by atoms with Gasteiger partial charge in [0.2, 0.25) is 5.55 Å². The summed E-state index contributed by atoms with van der Waals surface area (Å²) in [5.41, 5.74) is 1.25. The highest BCUT2D eigenvalue weighted by Gasteiger charge is 2.15. The monoisotopic (exact) mass is 421 g/mol. The Bertz CT molecular complexity index is 1310. The van der Waals surface area contributed by atoms with Gasteiger partial charge in [-0.2, -0.15) is 0 Å². The fraction of sp³-hybridized carbons (Fsp3) is 0.0476. The molecule has 150 valence electrons. The largest absolute Gasteiger partial charge is 0.508 e. The van der Waals surface area contributed by atoms with Crippen molar-refractivity contribution in [1.82, 2.24) is 4.98 Å². The minimum absolute atomic E-state index is 0.0178. The number of benzene rings is 2. The molecule has 0 spiro atoms. The highest BCUT2D eigenvalue weighted by atomic mass is 32.1. The molecule has 0 aliphatic carbocycles. The smallest absolute Gasteiger partial charge is 0.337 e. The molecule has 0 fully saturated rings. The van der Waals surface area contributed by atoms with Crippen molar-refractivity contribution in [2.45, 2.75) is 0 Å². The zero-order valence-electron chi connectivity index (χ0n) is 15.7. The number of rotatable bonds is 4. The SMILES string of the molecule is COC(=O)c1cccc(N=c2oc3cc(O)ccc3cc2C(=O)Nc2nccs2)c1. The van der Waals surface area contributed by atoms with Gasteiger partial charge in [0.1, 0.15) is 16.9 Å². The average molecular weight is 421 g/mol. The molecule has 0 bridgehead atoms. The standard InChI is InChI=1S/C21H15N3O5S/c1-28-20(27)13-3-2-4-14(9-13)23-19-16(18(26)24-21-22-7-8-30-21)10-12-5-6-15(25)11-17(12)29-19/h2-11,25H,1H3,(H,22,24,26). The quantitative estimate of drug-likeness (QED) is 0.484. The van der Waals surface area contributed by atoms with E-state index in [1.807, 2.05) is 0 Å². The Morgan fingerprint density at radius 2 is 2.07 bits per heavy atom. The Balaban J connectivity index is 1.87. The second-order valence-corrected chi connectivity index (χ2v) is 7.03. The summed E-state index contributed by atoms with van der Waals surface area (Å²) in [5, 5.41) is 15.2. The number of methoxy groups -OCH3 is 1. The number of carbonyl (C=O) groups excluding carboxylic acids is 2. The number of carbonyl (C=O) groups is 2. The van der Waals surface area contributed by atoms with Crippen molar-refractivity contribution < 1.29 is 23.8 Å². The first-order chi connectivity index (χ1) is 14.5. The van der Waals surface area contributed by atoms with Crippen LogP contribution in [-0.4, -0.2) is 29.1 Å². The summed E-state index contributed by atoms with van der Waals surface area (Å²) in [6.45, 7) is 0. The fourth-order valence-corrected chi connectivity index (χ4v) is 3.26. The Labute approximate surface area is 174 Å². The normalized spacial score (nSPS) is 11.4. The first-order valence-electron chi connectivity index (χ1n) is 8.74. The van der Waals surface area contributed by atoms with Crippen LogP contribution in [0.3, 0.4) is 0 Å². The zero-order chi connectivity index (χ0) is 21.1. The van der Waals surface area contributed by atoms with Crippen molar-refractivity contribution in [3.05, 3.63) is 76.8 Å². The summed E-state index contributed by atoms with van der Waals surface area (Å²) in [6.07, 6.45) is 1.58. The van der Waals surface area contributed by atoms with E-state index < -0.39 is 11.9 Å². The Morgan fingerprint density at radius 1 is 1.20 bits per heavy atom. The van der Waals surface area contributed by atoms with Crippen LogP contribution in [0.1, 0.15) is 20.7 Å². The van der Waals surface area contributed by atoms with Crippen LogP contribution in [0.4, 0.5) is 10.8 Å². The van der Waals surface area contributed by atoms with Gasteiger partial charge in [0, 0.05) is 23.0 Å². The second-order valence-electron chi connectivity index (χ2n) is 6.13. The van der Waals surface area contributed by atoms with Crippen LogP contribution in [0, 0.1) is 0 Å². The van der Waals surface area contributed by atoms with Gasteiger partial charge >= 0.3 is 5.97 Å². The molecule has 9 heteroatoms. The van der Waals surface area contributed by atoms with Gasteiger partial charge in [0.25, 0.3) is 5.91 Å². The number of aromatic hydroxyl groups is 1. The predicted molar refractivity (Wildman–Crippen MR) is 111 cm³/mol. The molecule has 2 aromatic heterocycles. The topological polar surface area (TPSA) is 114 Å². The van der Waals surface area contributed by atoms with E-state index in [2.05, 4.69) is 15.3 Å². The van der Waals surface area contributed by atoms with Crippen molar-refractivity contribution in [2.24, 2.45) is 4.99 Å². The van der Waals surface area contributed by atoms with E-state index in [1.165, 1.54) is 36.6 Å². The molecule has 4 rings (SSSR count). The number of phenols is 1. The number of nitrogens with zero attached hydrogens (tertiary/aromatic N) is 2. The number of phenolic OH excluding ortho intramolecular Hbond substituents is 1. The number of thiazole rings is 1. The summed E-state index contributed by atoms with van der Waals surface area (Å²) >= 11 is 1.28. The van der Waals surface area contributed by atoms with Gasteiger partial charge in [-0.05, 0) is 36.4 Å². The third kappa shape index (κ3) is 4.06. The Hall–Kier alpha value is -3.98. The fourth-order valence-electron chi connectivity index (χ4n) is 2.74. The number of anilines is 1. The summed E-state index contributed by atoms with van der Waals surface area (Å²) in [4.78, 5) is 33.1. The Kier molecular flexibility index (Phi) is 5.27. The molecule has 30 heavy (non-hydrogen) atoms. The van der Waals surface area contributed by atoms with Gasteiger partial charge in [0.05, 0.1) is 18.4 Å². The summed E-state index contributed by atoms with van der Waals surface area (Å²) < 4.78 is 10.6. The molecule has 0 aliphatic rings. The lowest BCUT2D eigenvalue weighted by Crippen LogP contribution is -2.21. The molecule has 0 unspecified atom stereocenters. The number of hydrogen-bond donors (Lipinski definition) is 2. The maximum atomic E-state index is 12.9. The minimum Gasteiger partial charge on any atom is -0.508 e. The maximum Gasteiger partial charge on any atom is 0.337 e. The van der Waals surface area contributed by atoms with Gasteiger partial charge in [-0.1, -0.05) is 6.07 Å². The van der Waals surface area contributed by atoms with E-state index in [4.69, 9.17) is 9.15 Å². The van der Waals surface area contributed by atoms with Crippen molar-refractivity contribution in [1.29, 1.82) is 0 Å². The molecule has 2 heterocycles. The van der Waals surface area contributed by atoms with Crippen LogP contribution in [0.2, 0.25) is 0 Å². The summed E-state index contributed by atoms with van der Waals surface area (Å²) in [5.74, 6) is -0.939. The van der Waals surface area contributed by atoms with E-state index in [0.29, 0.717) is 27.4 Å². The molecule has 2 N–H and O–H groups in total. The molecule has 0 saturated carbocycles. The van der Waals surface area contributed by atoms with Crippen LogP contribution in [-0.2, 0) is 4.74 Å². The lowest BCUT2D eigenvalue weighted by molar-refractivity contribution is 0.0600. The van der Waals surface area contributed by atoms with E-state index in [-0.39, 0.29) is 16.9 Å². The molecule has 0 radical (unpaired) electrons. The van der Waals surface area contributed by atoms with Gasteiger partial charge < -0.3 is 14.3 Å². The van der Waals surface area contributed by atoms with E-state index >= 15 is 0 Å². The first kappa shape index (κ1) is 19.3. The molecule has 1 amide bonds. The van der Waals surface area contributed by atoms with Crippen LogP contribution in [0.15, 0.2) is 69.5 Å². The number of hydrogen-bond acceptors (Lipinski definition) is 8. The molecular formula is C21H15N3O5S. The number of nitrogens with one attached hydrogen (secondary N) is 1. The van der Waals surface area contributed by atoms with Crippen molar-refractivity contribution in [2.75, 3.05) is 12.4 Å². The van der Waals surface area contributed by atoms with Crippen LogP contribution < -0.4 is 10.9 Å². The second kappa shape index (κ2) is 8.18. The van der Waals surface area contributed by atoms with E-state index in [1.54, 1.807) is 41.9 Å². The molecule has 0 saturated heterocycles. The third-order valence-electron chi connectivity index (χ3n) is 4.13. The lowest BCUT2D eigenvalue weighted by atomic mass is 10.1. The highest BCUT2D eigenvalue weighted by molar-refractivity contribution is 7.13. The number of aromatic nitrogens is 1. The lowest BCUT2D eigenvalue weighted by Gasteiger charge is -2.06. The molecule has 0 atom stereocenters. The van der Waals surface area contributed by atoms with Crippen molar-refractivity contribution >= 4 is 45.0 Å². The van der Waals surface area contributed by atoms with Gasteiger partial charge in [-0.25, -0.2) is 14.8 Å². The van der Waals surface area contributed by atoms with Gasteiger partial charge in [-0.15, -0.1) is 11.3 Å². The molecule has 0 aliphatic heterocycles. The molecule has 4 aromatic rings. The van der Waals surface area contributed by atoms with E-state index in [0.717, 1.165) is 0 Å². The zero-order valence-corrected chi connectivity index (χ0v) is 16.5. The highest BCUT2D eigenvalue weighted by Crippen LogP contribution is 2.21.